The number of amides is 1. The molecule has 4 rings (SSSR count). The standard InChI is InChI=1S/C24H17F4N5OS/c1-3-20-22(35-13-31-20)23(34)30-10-15-4-6-17(9-19(15)25)33-12-16(11-32-33)14-5-7-21(29-2)18(8-14)24(26,27)28/h4-9,11-13H,3,10H2,1H3,(H,30,34). The number of thiazole rings is 1. The van der Waals surface area contributed by atoms with Crippen LogP contribution in [0.3, 0.4) is 0 Å². The Hall–Kier alpha value is -4.04. The Kier molecular flexibility index (Phi) is 6.66. The Balaban J connectivity index is 1.52. The maximum Gasteiger partial charge on any atom is 0.407 e. The molecular weight excluding hydrogens is 482 g/mol. The average molecular weight is 499 g/mol. The molecule has 0 saturated carbocycles. The van der Waals surface area contributed by atoms with Gasteiger partial charge in [-0.3, -0.25) is 4.79 Å². The number of rotatable bonds is 6. The lowest BCUT2D eigenvalue weighted by Crippen LogP contribution is -2.23. The zero-order chi connectivity index (χ0) is 25.2. The number of benzene rings is 2. The van der Waals surface area contributed by atoms with E-state index in [-0.39, 0.29) is 23.6 Å². The smallest absolute Gasteiger partial charge is 0.347 e. The van der Waals surface area contributed by atoms with E-state index in [1.807, 2.05) is 6.92 Å². The Morgan fingerprint density at radius 3 is 2.69 bits per heavy atom. The zero-order valence-corrected chi connectivity index (χ0v) is 19.0. The molecule has 0 aliphatic heterocycles. The number of hydrogen-bond acceptors (Lipinski definition) is 4. The lowest BCUT2D eigenvalue weighted by molar-refractivity contribution is -0.136. The first-order valence-corrected chi connectivity index (χ1v) is 11.2. The Labute approximate surface area is 201 Å². The van der Waals surface area contributed by atoms with E-state index in [0.29, 0.717) is 28.2 Å². The maximum absolute atomic E-state index is 14.7. The van der Waals surface area contributed by atoms with E-state index in [1.54, 1.807) is 11.6 Å². The molecule has 0 fully saturated rings. The lowest BCUT2D eigenvalue weighted by atomic mass is 10.0. The summed E-state index contributed by atoms with van der Waals surface area (Å²) in [6, 6.07) is 7.74. The van der Waals surface area contributed by atoms with E-state index >= 15 is 0 Å². The Morgan fingerprint density at radius 2 is 2.00 bits per heavy atom. The predicted molar refractivity (Wildman–Crippen MR) is 123 cm³/mol. The van der Waals surface area contributed by atoms with Crippen molar-refractivity contribution >= 4 is 22.9 Å². The maximum atomic E-state index is 14.7. The summed E-state index contributed by atoms with van der Waals surface area (Å²) >= 11 is 1.22. The average Bonchev–Trinajstić information content (AvgIpc) is 3.52. The van der Waals surface area contributed by atoms with Crippen LogP contribution in [0.2, 0.25) is 0 Å². The van der Waals surface area contributed by atoms with Gasteiger partial charge in [-0.2, -0.15) is 18.3 Å². The van der Waals surface area contributed by atoms with E-state index < -0.39 is 23.2 Å². The first-order chi connectivity index (χ1) is 16.7. The van der Waals surface area contributed by atoms with Gasteiger partial charge in [0.1, 0.15) is 10.7 Å². The number of halogens is 4. The van der Waals surface area contributed by atoms with Crippen LogP contribution in [0.1, 0.15) is 33.4 Å². The van der Waals surface area contributed by atoms with Crippen LogP contribution in [-0.4, -0.2) is 20.7 Å². The van der Waals surface area contributed by atoms with Gasteiger partial charge in [-0.05, 0) is 24.1 Å². The lowest BCUT2D eigenvalue weighted by Gasteiger charge is -2.10. The minimum Gasteiger partial charge on any atom is -0.347 e. The number of hydrogen-bond donors (Lipinski definition) is 1. The molecule has 0 unspecified atom stereocenters. The molecule has 0 aliphatic carbocycles. The molecule has 0 spiro atoms. The summed E-state index contributed by atoms with van der Waals surface area (Å²) in [6.07, 6.45) is -1.22. The highest BCUT2D eigenvalue weighted by molar-refractivity contribution is 7.11. The van der Waals surface area contributed by atoms with Crippen LogP contribution in [0.25, 0.3) is 21.7 Å². The van der Waals surface area contributed by atoms with Gasteiger partial charge in [0.05, 0.1) is 35.2 Å². The molecule has 2 heterocycles. The Morgan fingerprint density at radius 1 is 1.20 bits per heavy atom. The number of carbonyl (C=O) groups is 1. The van der Waals surface area contributed by atoms with E-state index in [4.69, 9.17) is 6.57 Å². The molecule has 178 valence electrons. The van der Waals surface area contributed by atoms with Gasteiger partial charge < -0.3 is 5.32 Å². The van der Waals surface area contributed by atoms with E-state index in [9.17, 15) is 22.4 Å². The van der Waals surface area contributed by atoms with Gasteiger partial charge in [0.25, 0.3) is 5.91 Å². The monoisotopic (exact) mass is 499 g/mol. The first kappa shape index (κ1) is 24.1. The molecule has 2 aromatic carbocycles. The highest BCUT2D eigenvalue weighted by Gasteiger charge is 2.33. The van der Waals surface area contributed by atoms with Gasteiger partial charge in [0.15, 0.2) is 5.69 Å². The number of nitrogens with zero attached hydrogens (tertiary/aromatic N) is 4. The van der Waals surface area contributed by atoms with Gasteiger partial charge in [-0.25, -0.2) is 18.9 Å². The van der Waals surface area contributed by atoms with Gasteiger partial charge >= 0.3 is 6.18 Å². The topological polar surface area (TPSA) is 64.2 Å². The zero-order valence-electron chi connectivity index (χ0n) is 18.2. The van der Waals surface area contributed by atoms with E-state index in [1.165, 1.54) is 46.6 Å². The quantitative estimate of drug-likeness (QED) is 0.254. The molecule has 1 N–H and O–H groups in total. The summed E-state index contributed by atoms with van der Waals surface area (Å²) in [5.41, 5.74) is 1.98. The SMILES string of the molecule is [C-]#[N+]c1ccc(-c2cnn(-c3ccc(CNC(=O)c4scnc4CC)c(F)c3)c2)cc1C(F)(F)F. The summed E-state index contributed by atoms with van der Waals surface area (Å²) in [7, 11) is 0. The van der Waals surface area contributed by atoms with E-state index in [0.717, 1.165) is 12.1 Å². The predicted octanol–water partition coefficient (Wildman–Crippen LogP) is 6.20. The molecule has 4 aromatic rings. The molecule has 0 aliphatic rings. The highest BCUT2D eigenvalue weighted by Crippen LogP contribution is 2.39. The van der Waals surface area contributed by atoms with Crippen molar-refractivity contribution in [1.29, 1.82) is 0 Å². The third-order valence-electron chi connectivity index (χ3n) is 5.26. The summed E-state index contributed by atoms with van der Waals surface area (Å²) in [5.74, 6) is -0.896. The first-order valence-electron chi connectivity index (χ1n) is 10.3. The second-order valence-electron chi connectivity index (χ2n) is 7.46. The van der Waals surface area contributed by atoms with Crippen LogP contribution >= 0.6 is 11.3 Å². The van der Waals surface area contributed by atoms with Crippen LogP contribution in [-0.2, 0) is 19.1 Å². The van der Waals surface area contributed by atoms with Crippen LogP contribution < -0.4 is 5.32 Å². The van der Waals surface area contributed by atoms with Crippen LogP contribution in [0, 0.1) is 12.4 Å². The molecule has 0 radical (unpaired) electrons. The van der Waals surface area contributed by atoms with Crippen LogP contribution in [0.15, 0.2) is 54.3 Å². The van der Waals surface area contributed by atoms with Crippen molar-refractivity contribution in [3.05, 3.63) is 93.2 Å². The highest BCUT2D eigenvalue weighted by atomic mass is 32.1. The summed E-state index contributed by atoms with van der Waals surface area (Å²) < 4.78 is 55.9. The number of nitrogens with one attached hydrogen (secondary N) is 1. The summed E-state index contributed by atoms with van der Waals surface area (Å²) in [6.45, 7) is 8.82. The van der Waals surface area contributed by atoms with Crippen molar-refractivity contribution in [2.45, 2.75) is 26.1 Å². The van der Waals surface area contributed by atoms with Crippen molar-refractivity contribution in [1.82, 2.24) is 20.1 Å². The molecule has 0 atom stereocenters. The minimum absolute atomic E-state index is 0.0238. The summed E-state index contributed by atoms with van der Waals surface area (Å²) in [4.78, 5) is 19.9. The number of alkyl halides is 3. The molecule has 35 heavy (non-hydrogen) atoms. The normalized spacial score (nSPS) is 11.3. The molecule has 11 heteroatoms. The fraction of sp³-hybridized carbons (Fsp3) is 0.167. The fourth-order valence-corrected chi connectivity index (χ4v) is 4.23. The molecule has 1 amide bonds. The van der Waals surface area contributed by atoms with Crippen LogP contribution in [0.5, 0.6) is 0 Å². The third kappa shape index (κ3) is 5.07. The number of carbonyl (C=O) groups excluding carboxylic acids is 1. The van der Waals surface area contributed by atoms with Crippen molar-refractivity contribution in [3.8, 4) is 16.8 Å². The van der Waals surface area contributed by atoms with Gasteiger partial charge in [-0.1, -0.05) is 31.2 Å². The van der Waals surface area contributed by atoms with E-state index in [2.05, 4.69) is 20.2 Å². The van der Waals surface area contributed by atoms with Gasteiger partial charge in [0.2, 0.25) is 0 Å². The largest absolute Gasteiger partial charge is 0.407 e. The van der Waals surface area contributed by atoms with Crippen LogP contribution in [0.4, 0.5) is 23.2 Å². The molecular formula is C24H17F4N5OS. The fourth-order valence-electron chi connectivity index (χ4n) is 3.44. The molecule has 0 saturated heterocycles. The second-order valence-corrected chi connectivity index (χ2v) is 8.31. The number of aromatic nitrogens is 3. The summed E-state index contributed by atoms with van der Waals surface area (Å²) in [5, 5.41) is 6.81. The van der Waals surface area contributed by atoms with Gasteiger partial charge in [0, 0.05) is 23.9 Å². The minimum atomic E-state index is -4.67. The van der Waals surface area contributed by atoms with Crippen molar-refractivity contribution < 1.29 is 22.4 Å². The third-order valence-corrected chi connectivity index (χ3v) is 6.13. The van der Waals surface area contributed by atoms with Crippen molar-refractivity contribution in [2.75, 3.05) is 0 Å². The molecule has 0 bridgehead atoms. The van der Waals surface area contributed by atoms with Crippen molar-refractivity contribution in [3.63, 3.8) is 0 Å². The van der Waals surface area contributed by atoms with Crippen molar-refractivity contribution in [2.24, 2.45) is 0 Å². The molecule has 2 aromatic heterocycles. The Bertz CT molecular complexity index is 1430. The second kappa shape index (κ2) is 9.68. The van der Waals surface area contributed by atoms with Gasteiger partial charge in [-0.15, -0.1) is 11.3 Å². The molecule has 6 nitrogen and oxygen atoms in total. The number of aryl methyl sites for hydroxylation is 1.